The minimum absolute atomic E-state index is 0.431. The van der Waals surface area contributed by atoms with Gasteiger partial charge in [0.05, 0.1) is 11.6 Å². The van der Waals surface area contributed by atoms with Crippen LogP contribution in [0.3, 0.4) is 0 Å². The summed E-state index contributed by atoms with van der Waals surface area (Å²) in [6.07, 6.45) is 3.35. The summed E-state index contributed by atoms with van der Waals surface area (Å²) >= 11 is 1.85. The van der Waals surface area contributed by atoms with E-state index in [9.17, 15) is 4.79 Å². The highest BCUT2D eigenvalue weighted by Crippen LogP contribution is 2.55. The average molecular weight is 289 g/mol. The van der Waals surface area contributed by atoms with Crippen molar-refractivity contribution in [1.82, 2.24) is 4.98 Å². The summed E-state index contributed by atoms with van der Waals surface area (Å²) in [4.78, 5) is 15.0. The molecule has 1 saturated carbocycles. The van der Waals surface area contributed by atoms with Crippen LogP contribution >= 0.6 is 11.3 Å². The molecular formula is C16H19NO2S. The smallest absolute Gasteiger partial charge is 0.293 e. The van der Waals surface area contributed by atoms with Gasteiger partial charge in [0.2, 0.25) is 0 Å². The molecule has 1 aliphatic rings. The van der Waals surface area contributed by atoms with Crippen LogP contribution in [-0.2, 0) is 9.53 Å². The highest BCUT2D eigenvalue weighted by molar-refractivity contribution is 7.11. The van der Waals surface area contributed by atoms with Crippen LogP contribution in [0, 0.1) is 6.92 Å². The largest absolute Gasteiger partial charge is 0.468 e. The number of aryl methyl sites for hydroxylation is 1. The number of hydrogen-bond acceptors (Lipinski definition) is 4. The van der Waals surface area contributed by atoms with Crippen molar-refractivity contribution in [2.75, 3.05) is 6.61 Å². The van der Waals surface area contributed by atoms with E-state index in [4.69, 9.17) is 0 Å². The first-order valence-electron chi connectivity index (χ1n) is 6.78. The van der Waals surface area contributed by atoms with Gasteiger partial charge in [0, 0.05) is 17.0 Å². The van der Waals surface area contributed by atoms with Gasteiger partial charge < -0.3 is 4.74 Å². The van der Waals surface area contributed by atoms with Gasteiger partial charge in [-0.3, -0.25) is 4.79 Å². The number of carbonyl (C=O) groups is 1. The molecule has 0 amide bonds. The molecule has 2 atom stereocenters. The van der Waals surface area contributed by atoms with Crippen molar-refractivity contribution in [1.29, 1.82) is 0 Å². The molecule has 20 heavy (non-hydrogen) atoms. The van der Waals surface area contributed by atoms with Crippen LogP contribution in [0.25, 0.3) is 0 Å². The van der Waals surface area contributed by atoms with Gasteiger partial charge in [-0.15, -0.1) is 11.3 Å². The normalized spacial score (nSPS) is 19.7. The Bertz CT molecular complexity index is 538. The van der Waals surface area contributed by atoms with Gasteiger partial charge in [0.1, 0.15) is 0 Å². The van der Waals surface area contributed by atoms with E-state index in [1.807, 2.05) is 17.5 Å². The third-order valence-electron chi connectivity index (χ3n) is 3.26. The lowest BCUT2D eigenvalue weighted by molar-refractivity contribution is -0.128. The number of aromatic nitrogens is 1. The van der Waals surface area contributed by atoms with E-state index < -0.39 is 0 Å². The Labute approximate surface area is 123 Å². The van der Waals surface area contributed by atoms with Gasteiger partial charge >= 0.3 is 0 Å². The van der Waals surface area contributed by atoms with E-state index in [-0.39, 0.29) is 0 Å². The molecule has 3 rings (SSSR count). The molecule has 1 fully saturated rings. The fourth-order valence-electron chi connectivity index (χ4n) is 2.20. The predicted molar refractivity (Wildman–Crippen MR) is 81.1 cm³/mol. The lowest BCUT2D eigenvalue weighted by Crippen LogP contribution is -1.80. The maximum Gasteiger partial charge on any atom is 0.293 e. The Morgan fingerprint density at radius 3 is 2.60 bits per heavy atom. The topological polar surface area (TPSA) is 39.2 Å². The fourth-order valence-corrected chi connectivity index (χ4v) is 3.16. The average Bonchev–Trinajstić information content (AvgIpc) is 3.16. The standard InChI is InChI=1S/C13H13NS.C3H6O2/c1-9-14-8-13(15-9)12-7-11(12)10-5-3-2-4-6-10;1-2-5-3-4/h2-6,8,11-12H,7H2,1H3;3H,2H2,1H3/t11-,12?;/m1./s1. The Morgan fingerprint density at radius 2 is 2.10 bits per heavy atom. The third kappa shape index (κ3) is 3.90. The number of benzene rings is 1. The van der Waals surface area contributed by atoms with E-state index in [0.717, 1.165) is 11.8 Å². The molecule has 1 aromatic heterocycles. The Balaban J connectivity index is 0.000000257. The summed E-state index contributed by atoms with van der Waals surface area (Å²) in [5.41, 5.74) is 1.48. The van der Waals surface area contributed by atoms with Crippen molar-refractivity contribution in [3.05, 3.63) is 52.0 Å². The highest BCUT2D eigenvalue weighted by Gasteiger charge is 2.40. The van der Waals surface area contributed by atoms with Crippen molar-refractivity contribution in [2.45, 2.75) is 32.1 Å². The van der Waals surface area contributed by atoms with E-state index in [0.29, 0.717) is 13.1 Å². The SMILES string of the molecule is CCOC=O.Cc1ncc(C2C[C@@H]2c2ccccc2)s1. The summed E-state index contributed by atoms with van der Waals surface area (Å²) in [6.45, 7) is 4.74. The van der Waals surface area contributed by atoms with Crippen molar-refractivity contribution in [3.8, 4) is 0 Å². The molecule has 0 bridgehead atoms. The van der Waals surface area contributed by atoms with Crippen LogP contribution in [0.15, 0.2) is 36.5 Å². The van der Waals surface area contributed by atoms with E-state index >= 15 is 0 Å². The van der Waals surface area contributed by atoms with Crippen LogP contribution in [0.2, 0.25) is 0 Å². The van der Waals surface area contributed by atoms with Crippen LogP contribution < -0.4 is 0 Å². The van der Waals surface area contributed by atoms with Crippen LogP contribution in [0.5, 0.6) is 0 Å². The maximum absolute atomic E-state index is 9.18. The second-order valence-electron chi connectivity index (χ2n) is 4.69. The summed E-state index contributed by atoms with van der Waals surface area (Å²) in [7, 11) is 0. The van der Waals surface area contributed by atoms with Crippen molar-refractivity contribution in [2.24, 2.45) is 0 Å². The zero-order valence-electron chi connectivity index (χ0n) is 11.8. The monoisotopic (exact) mass is 289 g/mol. The summed E-state index contributed by atoms with van der Waals surface area (Å²) in [6, 6.07) is 10.8. The van der Waals surface area contributed by atoms with E-state index in [2.05, 4.69) is 47.0 Å². The third-order valence-corrected chi connectivity index (χ3v) is 4.30. The number of thiazole rings is 1. The maximum atomic E-state index is 9.18. The Kier molecular flexibility index (Phi) is 5.30. The molecular weight excluding hydrogens is 270 g/mol. The van der Waals surface area contributed by atoms with E-state index in [1.165, 1.54) is 21.9 Å². The van der Waals surface area contributed by atoms with Crippen LogP contribution in [0.1, 0.15) is 40.6 Å². The molecule has 3 nitrogen and oxygen atoms in total. The first-order valence-corrected chi connectivity index (χ1v) is 7.60. The Morgan fingerprint density at radius 1 is 1.35 bits per heavy atom. The fraction of sp³-hybridized carbons (Fsp3) is 0.375. The lowest BCUT2D eigenvalue weighted by atomic mass is 10.1. The molecule has 1 heterocycles. The number of carbonyl (C=O) groups excluding carboxylic acids is 1. The first-order chi connectivity index (χ1) is 9.76. The van der Waals surface area contributed by atoms with Gasteiger partial charge in [-0.05, 0) is 31.7 Å². The van der Waals surface area contributed by atoms with Gasteiger partial charge in [0.15, 0.2) is 0 Å². The molecule has 1 unspecified atom stereocenters. The molecule has 4 heteroatoms. The molecule has 106 valence electrons. The molecule has 2 aromatic rings. The molecule has 0 saturated heterocycles. The number of nitrogens with zero attached hydrogens (tertiary/aromatic N) is 1. The molecule has 1 aromatic carbocycles. The lowest BCUT2D eigenvalue weighted by Gasteiger charge is -1.97. The van der Waals surface area contributed by atoms with Gasteiger partial charge in [-0.2, -0.15) is 0 Å². The molecule has 0 aliphatic heterocycles. The van der Waals surface area contributed by atoms with Gasteiger partial charge in [0.25, 0.3) is 6.47 Å². The molecule has 0 spiro atoms. The molecule has 0 N–H and O–H groups in total. The first kappa shape index (κ1) is 14.7. The van der Waals surface area contributed by atoms with E-state index in [1.54, 1.807) is 6.92 Å². The van der Waals surface area contributed by atoms with Crippen molar-refractivity contribution >= 4 is 17.8 Å². The Hall–Kier alpha value is -1.68. The van der Waals surface area contributed by atoms with Crippen molar-refractivity contribution in [3.63, 3.8) is 0 Å². The highest BCUT2D eigenvalue weighted by atomic mass is 32.1. The second kappa shape index (κ2) is 7.20. The zero-order valence-corrected chi connectivity index (χ0v) is 12.6. The van der Waals surface area contributed by atoms with Crippen LogP contribution in [-0.4, -0.2) is 18.1 Å². The number of rotatable bonds is 4. The zero-order chi connectivity index (χ0) is 14.4. The summed E-state index contributed by atoms with van der Waals surface area (Å²) in [5.74, 6) is 1.48. The number of ether oxygens (including phenoxy) is 1. The molecule has 0 radical (unpaired) electrons. The summed E-state index contributed by atoms with van der Waals surface area (Å²) in [5, 5.41) is 1.18. The summed E-state index contributed by atoms with van der Waals surface area (Å²) < 4.78 is 4.15. The minimum atomic E-state index is 0.431. The van der Waals surface area contributed by atoms with Gasteiger partial charge in [-0.25, -0.2) is 4.98 Å². The van der Waals surface area contributed by atoms with Gasteiger partial charge in [-0.1, -0.05) is 30.3 Å². The predicted octanol–water partition coefficient (Wildman–Crippen LogP) is 3.90. The number of hydrogen-bond donors (Lipinski definition) is 0. The minimum Gasteiger partial charge on any atom is -0.468 e. The van der Waals surface area contributed by atoms with Crippen molar-refractivity contribution < 1.29 is 9.53 Å². The van der Waals surface area contributed by atoms with Crippen LogP contribution in [0.4, 0.5) is 0 Å². The quantitative estimate of drug-likeness (QED) is 0.801. The second-order valence-corrected chi connectivity index (χ2v) is 5.96. The molecule has 1 aliphatic carbocycles.